The summed E-state index contributed by atoms with van der Waals surface area (Å²) in [4.78, 5) is 13.5. The van der Waals surface area contributed by atoms with Gasteiger partial charge in [0, 0.05) is 11.1 Å². The van der Waals surface area contributed by atoms with Gasteiger partial charge in [0.25, 0.3) is 0 Å². The lowest BCUT2D eigenvalue weighted by Gasteiger charge is -2.50. The van der Waals surface area contributed by atoms with Crippen LogP contribution in [0.25, 0.3) is 0 Å². The zero-order chi connectivity index (χ0) is 16.4. The Hall–Kier alpha value is -1.62. The van der Waals surface area contributed by atoms with Crippen LogP contribution in [0.5, 0.6) is 0 Å². The van der Waals surface area contributed by atoms with Gasteiger partial charge in [-0.15, -0.1) is 0 Å². The quantitative estimate of drug-likeness (QED) is 0.898. The molecule has 0 spiro atoms. The topological polar surface area (TPSA) is 58.4 Å². The SMILES string of the molecule is CC[C@]1(NC(N)=O)CC[C@@](c2cccc(F)c2)(N(C)C)CC1. The molecule has 1 saturated carbocycles. The van der Waals surface area contributed by atoms with Gasteiger partial charge in [0.2, 0.25) is 0 Å². The second kappa shape index (κ2) is 6.24. The van der Waals surface area contributed by atoms with Crippen LogP contribution >= 0.6 is 0 Å². The normalized spacial score (nSPS) is 28.6. The number of carbonyl (C=O) groups is 1. The predicted octanol–water partition coefficient (Wildman–Crippen LogP) is 2.97. The third-order valence-electron chi connectivity index (χ3n) is 5.32. The standard InChI is InChI=1S/C17H26FN3O/c1-4-16(20-15(19)22)8-10-17(11-9-16,21(2)3)13-6-5-7-14(18)12-13/h5-7,12H,4,8-11H2,1-3H3,(H3,19,20,22)/t16-,17+. The van der Waals surface area contributed by atoms with Crippen LogP contribution in [-0.2, 0) is 5.54 Å². The van der Waals surface area contributed by atoms with Gasteiger partial charge < -0.3 is 11.1 Å². The molecule has 1 aromatic rings. The summed E-state index contributed by atoms with van der Waals surface area (Å²) in [5.41, 5.74) is 5.90. The lowest BCUT2D eigenvalue weighted by molar-refractivity contribution is 0.0565. The van der Waals surface area contributed by atoms with E-state index in [0.717, 1.165) is 37.7 Å². The fourth-order valence-corrected chi connectivity index (χ4v) is 3.74. The van der Waals surface area contributed by atoms with Crippen molar-refractivity contribution in [2.75, 3.05) is 14.1 Å². The van der Waals surface area contributed by atoms with Crippen LogP contribution in [-0.4, -0.2) is 30.6 Å². The smallest absolute Gasteiger partial charge is 0.312 e. The molecule has 1 aliphatic rings. The van der Waals surface area contributed by atoms with Crippen molar-refractivity contribution >= 4 is 6.03 Å². The van der Waals surface area contributed by atoms with Crippen LogP contribution in [0.15, 0.2) is 24.3 Å². The number of carbonyl (C=O) groups excluding carboxylic acids is 1. The first-order valence-corrected chi connectivity index (χ1v) is 7.85. The molecule has 5 heteroatoms. The van der Waals surface area contributed by atoms with E-state index >= 15 is 0 Å². The van der Waals surface area contributed by atoms with Crippen LogP contribution in [0.3, 0.4) is 0 Å². The number of primary amides is 1. The zero-order valence-corrected chi connectivity index (χ0v) is 13.7. The van der Waals surface area contributed by atoms with E-state index < -0.39 is 6.03 Å². The van der Waals surface area contributed by atoms with E-state index in [0.29, 0.717) is 0 Å². The molecule has 22 heavy (non-hydrogen) atoms. The van der Waals surface area contributed by atoms with E-state index in [2.05, 4.69) is 17.1 Å². The molecule has 0 saturated heterocycles. The van der Waals surface area contributed by atoms with Crippen molar-refractivity contribution in [3.63, 3.8) is 0 Å². The third kappa shape index (κ3) is 3.09. The summed E-state index contributed by atoms with van der Waals surface area (Å²) in [6, 6.07) is 6.38. The maximum atomic E-state index is 13.7. The van der Waals surface area contributed by atoms with Gasteiger partial charge in [0.1, 0.15) is 5.82 Å². The van der Waals surface area contributed by atoms with Crippen LogP contribution in [0, 0.1) is 5.82 Å². The molecule has 0 aliphatic heterocycles. The largest absolute Gasteiger partial charge is 0.352 e. The van der Waals surface area contributed by atoms with E-state index in [9.17, 15) is 9.18 Å². The predicted molar refractivity (Wildman–Crippen MR) is 86.0 cm³/mol. The van der Waals surface area contributed by atoms with Crippen LogP contribution in [0.1, 0.15) is 44.6 Å². The van der Waals surface area contributed by atoms with Gasteiger partial charge in [-0.1, -0.05) is 19.1 Å². The molecule has 1 aliphatic carbocycles. The minimum atomic E-state index is -0.468. The molecule has 0 atom stereocenters. The van der Waals surface area contributed by atoms with Gasteiger partial charge >= 0.3 is 6.03 Å². The highest BCUT2D eigenvalue weighted by Crippen LogP contribution is 2.45. The average molecular weight is 307 g/mol. The van der Waals surface area contributed by atoms with Crippen molar-refractivity contribution in [1.82, 2.24) is 10.2 Å². The summed E-state index contributed by atoms with van der Waals surface area (Å²) in [5.74, 6) is -0.207. The number of halogens is 1. The van der Waals surface area contributed by atoms with Gasteiger partial charge in [0.15, 0.2) is 0 Å². The summed E-state index contributed by atoms with van der Waals surface area (Å²) in [7, 11) is 4.07. The second-order valence-electron chi connectivity index (χ2n) is 6.56. The maximum Gasteiger partial charge on any atom is 0.312 e. The van der Waals surface area contributed by atoms with Crippen molar-refractivity contribution in [2.24, 2.45) is 5.73 Å². The lowest BCUT2D eigenvalue weighted by Crippen LogP contribution is -2.56. The molecule has 4 nitrogen and oxygen atoms in total. The van der Waals surface area contributed by atoms with Gasteiger partial charge in [-0.05, 0) is 63.9 Å². The number of rotatable bonds is 4. The Kier molecular flexibility index (Phi) is 4.75. The Bertz CT molecular complexity index is 536. The van der Waals surface area contributed by atoms with Crippen molar-refractivity contribution < 1.29 is 9.18 Å². The summed E-state index contributed by atoms with van der Waals surface area (Å²) < 4.78 is 13.7. The summed E-state index contributed by atoms with van der Waals surface area (Å²) >= 11 is 0. The second-order valence-corrected chi connectivity index (χ2v) is 6.56. The molecule has 122 valence electrons. The Balaban J connectivity index is 2.28. The molecule has 0 radical (unpaired) electrons. The molecule has 2 amide bonds. The molecule has 2 rings (SSSR count). The molecule has 0 aromatic heterocycles. The van der Waals surface area contributed by atoms with Crippen LogP contribution in [0.2, 0.25) is 0 Å². The van der Waals surface area contributed by atoms with E-state index in [4.69, 9.17) is 5.73 Å². The summed E-state index contributed by atoms with van der Waals surface area (Å²) in [6.45, 7) is 2.07. The summed E-state index contributed by atoms with van der Waals surface area (Å²) in [6.07, 6.45) is 4.24. The number of benzene rings is 1. The lowest BCUT2D eigenvalue weighted by atomic mass is 9.68. The average Bonchev–Trinajstić information content (AvgIpc) is 2.47. The van der Waals surface area contributed by atoms with Gasteiger partial charge in [-0.3, -0.25) is 4.90 Å². The molecular weight excluding hydrogens is 281 g/mol. The molecule has 0 bridgehead atoms. The minimum Gasteiger partial charge on any atom is -0.352 e. The van der Waals surface area contributed by atoms with E-state index in [1.807, 2.05) is 20.2 Å². The molecular formula is C17H26FN3O. The number of nitrogens with one attached hydrogen (secondary N) is 1. The van der Waals surface area contributed by atoms with E-state index in [1.54, 1.807) is 12.1 Å². The van der Waals surface area contributed by atoms with Gasteiger partial charge in [0.05, 0.1) is 0 Å². The number of hydrogen-bond acceptors (Lipinski definition) is 2. The van der Waals surface area contributed by atoms with Crippen LogP contribution in [0.4, 0.5) is 9.18 Å². The molecule has 0 heterocycles. The van der Waals surface area contributed by atoms with Gasteiger partial charge in [-0.2, -0.15) is 0 Å². The van der Waals surface area contributed by atoms with Crippen molar-refractivity contribution in [3.8, 4) is 0 Å². The number of hydrogen-bond donors (Lipinski definition) is 2. The van der Waals surface area contributed by atoms with E-state index in [1.165, 1.54) is 6.07 Å². The highest BCUT2D eigenvalue weighted by atomic mass is 19.1. The Morgan fingerprint density at radius 1 is 1.32 bits per heavy atom. The number of urea groups is 1. The first-order chi connectivity index (χ1) is 10.3. The fraction of sp³-hybridized carbons (Fsp3) is 0.588. The third-order valence-corrected chi connectivity index (χ3v) is 5.32. The molecule has 1 aromatic carbocycles. The minimum absolute atomic E-state index is 0.194. The number of nitrogens with zero attached hydrogens (tertiary/aromatic N) is 1. The molecule has 0 unspecified atom stereocenters. The molecule has 1 fully saturated rings. The van der Waals surface area contributed by atoms with Crippen molar-refractivity contribution in [1.29, 1.82) is 0 Å². The monoisotopic (exact) mass is 307 g/mol. The first-order valence-electron chi connectivity index (χ1n) is 7.85. The summed E-state index contributed by atoms with van der Waals surface area (Å²) in [5, 5.41) is 2.93. The highest BCUT2D eigenvalue weighted by Gasteiger charge is 2.44. The zero-order valence-electron chi connectivity index (χ0n) is 13.7. The Morgan fingerprint density at radius 3 is 2.41 bits per heavy atom. The van der Waals surface area contributed by atoms with Gasteiger partial charge in [-0.25, -0.2) is 9.18 Å². The van der Waals surface area contributed by atoms with Crippen LogP contribution < -0.4 is 11.1 Å². The molecule has 3 N–H and O–H groups in total. The fourth-order valence-electron chi connectivity index (χ4n) is 3.74. The van der Waals surface area contributed by atoms with Crippen molar-refractivity contribution in [2.45, 2.75) is 50.1 Å². The maximum absolute atomic E-state index is 13.7. The number of amides is 2. The van der Waals surface area contributed by atoms with Crippen molar-refractivity contribution in [3.05, 3.63) is 35.6 Å². The first kappa shape index (κ1) is 16.7. The van der Waals surface area contributed by atoms with E-state index in [-0.39, 0.29) is 16.9 Å². The number of nitrogens with two attached hydrogens (primary N) is 1. The Morgan fingerprint density at radius 2 is 1.95 bits per heavy atom. The highest BCUT2D eigenvalue weighted by molar-refractivity contribution is 5.72. The Labute approximate surface area is 131 Å².